The van der Waals surface area contributed by atoms with Gasteiger partial charge >= 0.3 is 0 Å². The molecule has 3 nitrogen and oxygen atoms in total. The van der Waals surface area contributed by atoms with Gasteiger partial charge in [-0.2, -0.15) is 0 Å². The Morgan fingerprint density at radius 1 is 1.21 bits per heavy atom. The van der Waals surface area contributed by atoms with E-state index in [4.69, 9.17) is 4.74 Å². The van der Waals surface area contributed by atoms with Crippen molar-refractivity contribution in [2.75, 3.05) is 33.4 Å². The SMILES string of the molecule is CNC1CCCN(C2CCOCC2)C1. The summed E-state index contributed by atoms with van der Waals surface area (Å²) >= 11 is 0. The van der Waals surface area contributed by atoms with Crippen LogP contribution in [0.15, 0.2) is 0 Å². The number of likely N-dealkylation sites (tertiary alicyclic amines) is 1. The van der Waals surface area contributed by atoms with E-state index in [1.54, 1.807) is 0 Å². The van der Waals surface area contributed by atoms with Crippen molar-refractivity contribution in [3.8, 4) is 0 Å². The highest BCUT2D eigenvalue weighted by molar-refractivity contribution is 4.83. The smallest absolute Gasteiger partial charge is 0.0480 e. The number of rotatable bonds is 2. The minimum atomic E-state index is 0.714. The number of nitrogens with zero attached hydrogens (tertiary/aromatic N) is 1. The van der Waals surface area contributed by atoms with Gasteiger partial charge in [0, 0.05) is 31.8 Å². The summed E-state index contributed by atoms with van der Waals surface area (Å²) < 4.78 is 5.40. The third-order valence-electron chi connectivity index (χ3n) is 3.57. The van der Waals surface area contributed by atoms with Crippen molar-refractivity contribution >= 4 is 0 Å². The van der Waals surface area contributed by atoms with Crippen LogP contribution >= 0.6 is 0 Å². The summed E-state index contributed by atoms with van der Waals surface area (Å²) in [5, 5.41) is 3.40. The molecule has 14 heavy (non-hydrogen) atoms. The van der Waals surface area contributed by atoms with Gasteiger partial charge in [0.25, 0.3) is 0 Å². The molecule has 2 rings (SSSR count). The number of hydrogen-bond acceptors (Lipinski definition) is 3. The summed E-state index contributed by atoms with van der Waals surface area (Å²) in [6.45, 7) is 4.46. The first-order valence-corrected chi connectivity index (χ1v) is 5.89. The molecule has 1 N–H and O–H groups in total. The molecule has 1 unspecified atom stereocenters. The average Bonchev–Trinajstić information content (AvgIpc) is 2.30. The third kappa shape index (κ3) is 2.47. The lowest BCUT2D eigenvalue weighted by Crippen LogP contribution is -2.50. The monoisotopic (exact) mass is 198 g/mol. The number of piperidine rings is 1. The molecule has 2 heterocycles. The number of likely N-dealkylation sites (N-methyl/N-ethyl adjacent to an activating group) is 1. The van der Waals surface area contributed by atoms with Crippen LogP contribution in [0.25, 0.3) is 0 Å². The van der Waals surface area contributed by atoms with E-state index in [9.17, 15) is 0 Å². The largest absolute Gasteiger partial charge is 0.381 e. The quantitative estimate of drug-likeness (QED) is 0.712. The van der Waals surface area contributed by atoms with Gasteiger partial charge in [0.1, 0.15) is 0 Å². The van der Waals surface area contributed by atoms with Gasteiger partial charge in [-0.15, -0.1) is 0 Å². The van der Waals surface area contributed by atoms with Crippen molar-refractivity contribution in [1.82, 2.24) is 10.2 Å². The van der Waals surface area contributed by atoms with Crippen LogP contribution in [-0.4, -0.2) is 50.3 Å². The van der Waals surface area contributed by atoms with Crippen molar-refractivity contribution in [3.63, 3.8) is 0 Å². The van der Waals surface area contributed by atoms with Gasteiger partial charge in [-0.25, -0.2) is 0 Å². The van der Waals surface area contributed by atoms with Crippen LogP contribution in [0.4, 0.5) is 0 Å². The van der Waals surface area contributed by atoms with Crippen molar-refractivity contribution in [2.24, 2.45) is 0 Å². The van der Waals surface area contributed by atoms with Crippen molar-refractivity contribution in [2.45, 2.75) is 37.8 Å². The molecule has 3 heteroatoms. The number of ether oxygens (including phenoxy) is 1. The summed E-state index contributed by atoms with van der Waals surface area (Å²) in [5.74, 6) is 0. The highest BCUT2D eigenvalue weighted by Gasteiger charge is 2.26. The van der Waals surface area contributed by atoms with Crippen LogP contribution in [0.1, 0.15) is 25.7 Å². The zero-order chi connectivity index (χ0) is 9.80. The highest BCUT2D eigenvalue weighted by atomic mass is 16.5. The van der Waals surface area contributed by atoms with E-state index in [1.165, 1.54) is 38.8 Å². The fourth-order valence-electron chi connectivity index (χ4n) is 2.62. The molecule has 2 aliphatic rings. The molecule has 1 atom stereocenters. The Morgan fingerprint density at radius 3 is 2.71 bits per heavy atom. The maximum absolute atomic E-state index is 5.40. The van der Waals surface area contributed by atoms with Gasteiger partial charge in [-0.3, -0.25) is 4.90 Å². The second-order valence-electron chi connectivity index (χ2n) is 4.47. The molecule has 0 aromatic rings. The van der Waals surface area contributed by atoms with Gasteiger partial charge in [-0.05, 0) is 39.3 Å². The van der Waals surface area contributed by atoms with E-state index in [0.717, 1.165) is 19.3 Å². The van der Waals surface area contributed by atoms with Gasteiger partial charge in [0.05, 0.1) is 0 Å². The molecule has 0 aromatic heterocycles. The zero-order valence-corrected chi connectivity index (χ0v) is 9.17. The molecule has 0 saturated carbocycles. The van der Waals surface area contributed by atoms with Gasteiger partial charge in [-0.1, -0.05) is 0 Å². The van der Waals surface area contributed by atoms with E-state index in [0.29, 0.717) is 6.04 Å². The fourth-order valence-corrected chi connectivity index (χ4v) is 2.62. The first-order valence-electron chi connectivity index (χ1n) is 5.89. The molecular weight excluding hydrogens is 176 g/mol. The molecule has 0 radical (unpaired) electrons. The molecule has 2 aliphatic heterocycles. The minimum Gasteiger partial charge on any atom is -0.381 e. The molecular formula is C11H22N2O. The fraction of sp³-hybridized carbons (Fsp3) is 1.00. The van der Waals surface area contributed by atoms with Crippen LogP contribution in [0.2, 0.25) is 0 Å². The molecule has 0 spiro atoms. The number of nitrogens with one attached hydrogen (secondary N) is 1. The Bertz CT molecular complexity index is 169. The molecule has 0 bridgehead atoms. The Balaban J connectivity index is 1.83. The summed E-state index contributed by atoms with van der Waals surface area (Å²) in [4.78, 5) is 2.66. The standard InChI is InChI=1S/C11H22N2O/c1-12-10-3-2-6-13(9-10)11-4-7-14-8-5-11/h10-12H,2-9H2,1H3. The van der Waals surface area contributed by atoms with Gasteiger partial charge < -0.3 is 10.1 Å². The van der Waals surface area contributed by atoms with E-state index in [-0.39, 0.29) is 0 Å². The third-order valence-corrected chi connectivity index (χ3v) is 3.57. The lowest BCUT2D eigenvalue weighted by atomic mass is 10.00. The molecule has 0 aliphatic carbocycles. The molecule has 0 amide bonds. The highest BCUT2D eigenvalue weighted by Crippen LogP contribution is 2.19. The normalized spacial score (nSPS) is 31.9. The summed E-state index contributed by atoms with van der Waals surface area (Å²) in [6.07, 6.45) is 5.16. The molecule has 2 saturated heterocycles. The first kappa shape index (κ1) is 10.4. The molecule has 2 fully saturated rings. The van der Waals surface area contributed by atoms with E-state index in [1.807, 2.05) is 0 Å². The van der Waals surface area contributed by atoms with Crippen LogP contribution in [0.5, 0.6) is 0 Å². The minimum absolute atomic E-state index is 0.714. The van der Waals surface area contributed by atoms with Gasteiger partial charge in [0.15, 0.2) is 0 Å². The number of hydrogen-bond donors (Lipinski definition) is 1. The van der Waals surface area contributed by atoms with Crippen molar-refractivity contribution in [1.29, 1.82) is 0 Å². The Hall–Kier alpha value is -0.120. The Kier molecular flexibility index (Phi) is 3.79. The second kappa shape index (κ2) is 5.10. The topological polar surface area (TPSA) is 24.5 Å². The summed E-state index contributed by atoms with van der Waals surface area (Å²) in [6, 6.07) is 1.51. The van der Waals surface area contributed by atoms with Crippen LogP contribution in [-0.2, 0) is 4.74 Å². The van der Waals surface area contributed by atoms with E-state index >= 15 is 0 Å². The van der Waals surface area contributed by atoms with Crippen molar-refractivity contribution < 1.29 is 4.74 Å². The lowest BCUT2D eigenvalue weighted by Gasteiger charge is -2.39. The van der Waals surface area contributed by atoms with Crippen LogP contribution in [0.3, 0.4) is 0 Å². The van der Waals surface area contributed by atoms with Crippen LogP contribution in [0, 0.1) is 0 Å². The first-order chi connectivity index (χ1) is 6.90. The van der Waals surface area contributed by atoms with Crippen molar-refractivity contribution in [3.05, 3.63) is 0 Å². The Morgan fingerprint density at radius 2 is 2.00 bits per heavy atom. The van der Waals surface area contributed by atoms with E-state index in [2.05, 4.69) is 17.3 Å². The molecule has 0 aromatic carbocycles. The van der Waals surface area contributed by atoms with Crippen LogP contribution < -0.4 is 5.32 Å². The lowest BCUT2D eigenvalue weighted by molar-refractivity contribution is 0.0225. The zero-order valence-electron chi connectivity index (χ0n) is 9.17. The van der Waals surface area contributed by atoms with Gasteiger partial charge in [0.2, 0.25) is 0 Å². The predicted octanol–water partition coefficient (Wildman–Crippen LogP) is 0.849. The maximum atomic E-state index is 5.40. The summed E-state index contributed by atoms with van der Waals surface area (Å²) in [7, 11) is 2.08. The maximum Gasteiger partial charge on any atom is 0.0480 e. The predicted molar refractivity (Wildman–Crippen MR) is 57.5 cm³/mol. The molecule has 82 valence electrons. The van der Waals surface area contributed by atoms with E-state index < -0.39 is 0 Å². The average molecular weight is 198 g/mol. The Labute approximate surface area is 86.8 Å². The summed E-state index contributed by atoms with van der Waals surface area (Å²) in [5.41, 5.74) is 0. The second-order valence-corrected chi connectivity index (χ2v) is 4.47.